The molecule has 1 aromatic carbocycles. The van der Waals surface area contributed by atoms with Gasteiger partial charge in [-0.2, -0.15) is 0 Å². The molecule has 1 aromatic rings. The number of hydrogen-bond acceptors (Lipinski definition) is 4. The Morgan fingerprint density at radius 3 is 2.35 bits per heavy atom. The predicted molar refractivity (Wildman–Crippen MR) is 86.6 cm³/mol. The molecule has 1 fully saturated rings. The van der Waals surface area contributed by atoms with Crippen LogP contribution in [0.5, 0.6) is 5.75 Å². The molecule has 0 atom stereocenters. The number of nitrogens with zero attached hydrogens (tertiary/aromatic N) is 2. The van der Waals surface area contributed by atoms with Gasteiger partial charge in [0.1, 0.15) is 5.75 Å². The topological polar surface area (TPSA) is 59.1 Å². The fraction of sp³-hybridized carbons (Fsp3) is 0.529. The van der Waals surface area contributed by atoms with Crippen LogP contribution in [0.4, 0.5) is 4.79 Å². The van der Waals surface area contributed by atoms with Crippen molar-refractivity contribution < 1.29 is 19.1 Å². The smallest absolute Gasteiger partial charge is 0.409 e. The Morgan fingerprint density at radius 2 is 1.74 bits per heavy atom. The molecular weight excluding hydrogens is 296 g/mol. The standard InChI is InChI=1S/C17H24N2O4/c1-4-22-17(21)19-9-7-18(8-10-19)16(20)12-23-15-6-5-13(2)11-14(15)3/h5-6,11H,4,7-10,12H2,1-3H3. The molecule has 0 saturated carbocycles. The summed E-state index contributed by atoms with van der Waals surface area (Å²) in [6.45, 7) is 8.15. The second-order valence-electron chi connectivity index (χ2n) is 5.62. The van der Waals surface area contributed by atoms with E-state index in [1.807, 2.05) is 32.0 Å². The minimum Gasteiger partial charge on any atom is -0.484 e. The highest BCUT2D eigenvalue weighted by atomic mass is 16.6. The second kappa shape index (κ2) is 7.85. The van der Waals surface area contributed by atoms with Crippen molar-refractivity contribution in [1.82, 2.24) is 9.80 Å². The van der Waals surface area contributed by atoms with Crippen molar-refractivity contribution in [1.29, 1.82) is 0 Å². The van der Waals surface area contributed by atoms with E-state index in [2.05, 4.69) is 0 Å². The average molecular weight is 320 g/mol. The number of amides is 2. The molecular formula is C17H24N2O4. The molecule has 0 N–H and O–H groups in total. The fourth-order valence-electron chi connectivity index (χ4n) is 2.55. The summed E-state index contributed by atoms with van der Waals surface area (Å²) in [6.07, 6.45) is -0.314. The first-order valence-electron chi connectivity index (χ1n) is 7.90. The predicted octanol–water partition coefficient (Wildman–Crippen LogP) is 1.98. The van der Waals surface area contributed by atoms with Crippen LogP contribution in [-0.2, 0) is 9.53 Å². The van der Waals surface area contributed by atoms with Gasteiger partial charge in [0, 0.05) is 26.2 Å². The van der Waals surface area contributed by atoms with Crippen LogP contribution >= 0.6 is 0 Å². The third kappa shape index (κ3) is 4.61. The maximum atomic E-state index is 12.2. The van der Waals surface area contributed by atoms with Crippen molar-refractivity contribution in [3.05, 3.63) is 29.3 Å². The molecule has 2 rings (SSSR count). The van der Waals surface area contributed by atoms with Gasteiger partial charge in [0.25, 0.3) is 5.91 Å². The number of rotatable bonds is 4. The molecule has 1 aliphatic rings. The van der Waals surface area contributed by atoms with Gasteiger partial charge < -0.3 is 19.3 Å². The zero-order valence-electron chi connectivity index (χ0n) is 14.0. The van der Waals surface area contributed by atoms with E-state index in [9.17, 15) is 9.59 Å². The maximum Gasteiger partial charge on any atom is 0.409 e. The highest BCUT2D eigenvalue weighted by Gasteiger charge is 2.25. The van der Waals surface area contributed by atoms with E-state index in [0.29, 0.717) is 32.8 Å². The molecule has 1 aliphatic heterocycles. The lowest BCUT2D eigenvalue weighted by Crippen LogP contribution is -2.51. The molecule has 0 spiro atoms. The molecule has 0 aliphatic carbocycles. The number of piperazine rings is 1. The summed E-state index contributed by atoms with van der Waals surface area (Å²) in [5, 5.41) is 0. The molecule has 0 aromatic heterocycles. The van der Waals surface area contributed by atoms with E-state index >= 15 is 0 Å². The molecule has 0 bridgehead atoms. The maximum absolute atomic E-state index is 12.2. The van der Waals surface area contributed by atoms with Crippen molar-refractivity contribution in [3.8, 4) is 5.75 Å². The van der Waals surface area contributed by atoms with Gasteiger partial charge in [-0.3, -0.25) is 4.79 Å². The highest BCUT2D eigenvalue weighted by Crippen LogP contribution is 2.18. The van der Waals surface area contributed by atoms with E-state index in [4.69, 9.17) is 9.47 Å². The van der Waals surface area contributed by atoms with Crippen LogP contribution in [0.2, 0.25) is 0 Å². The minimum atomic E-state index is -0.314. The first kappa shape index (κ1) is 17.1. The third-order valence-corrected chi connectivity index (χ3v) is 3.84. The molecule has 126 valence electrons. The van der Waals surface area contributed by atoms with Crippen LogP contribution in [-0.4, -0.2) is 61.2 Å². The van der Waals surface area contributed by atoms with Crippen LogP contribution in [0.1, 0.15) is 18.1 Å². The van der Waals surface area contributed by atoms with Crippen molar-refractivity contribution in [2.75, 3.05) is 39.4 Å². The van der Waals surface area contributed by atoms with Gasteiger partial charge in [-0.25, -0.2) is 4.79 Å². The Bertz CT molecular complexity index is 566. The van der Waals surface area contributed by atoms with E-state index in [1.165, 1.54) is 0 Å². The molecule has 1 saturated heterocycles. The lowest BCUT2D eigenvalue weighted by atomic mass is 10.1. The van der Waals surface area contributed by atoms with Gasteiger partial charge in [-0.1, -0.05) is 17.7 Å². The Hall–Kier alpha value is -2.24. The molecule has 6 nitrogen and oxygen atoms in total. The van der Waals surface area contributed by atoms with Crippen molar-refractivity contribution in [2.45, 2.75) is 20.8 Å². The van der Waals surface area contributed by atoms with E-state index in [0.717, 1.165) is 16.9 Å². The van der Waals surface area contributed by atoms with Crippen LogP contribution in [0.3, 0.4) is 0 Å². The van der Waals surface area contributed by atoms with Crippen molar-refractivity contribution in [2.24, 2.45) is 0 Å². The van der Waals surface area contributed by atoms with Crippen LogP contribution in [0, 0.1) is 13.8 Å². The Kier molecular flexibility index (Phi) is 5.84. The normalized spacial score (nSPS) is 14.6. The summed E-state index contributed by atoms with van der Waals surface area (Å²) in [5.41, 5.74) is 2.18. The monoisotopic (exact) mass is 320 g/mol. The second-order valence-corrected chi connectivity index (χ2v) is 5.62. The lowest BCUT2D eigenvalue weighted by Gasteiger charge is -2.34. The van der Waals surface area contributed by atoms with Crippen LogP contribution < -0.4 is 4.74 Å². The summed E-state index contributed by atoms with van der Waals surface area (Å²) in [6, 6.07) is 5.87. The molecule has 1 heterocycles. The number of carbonyl (C=O) groups excluding carboxylic acids is 2. The minimum absolute atomic E-state index is 0.0172. The third-order valence-electron chi connectivity index (χ3n) is 3.84. The summed E-state index contributed by atoms with van der Waals surface area (Å²) < 4.78 is 10.6. The van der Waals surface area contributed by atoms with Crippen molar-refractivity contribution in [3.63, 3.8) is 0 Å². The largest absolute Gasteiger partial charge is 0.484 e. The summed E-state index contributed by atoms with van der Waals surface area (Å²) in [4.78, 5) is 27.2. The van der Waals surface area contributed by atoms with Crippen molar-refractivity contribution >= 4 is 12.0 Å². The first-order valence-corrected chi connectivity index (χ1v) is 7.90. The van der Waals surface area contributed by atoms with Gasteiger partial charge in [-0.05, 0) is 32.4 Å². The highest BCUT2D eigenvalue weighted by molar-refractivity contribution is 5.78. The molecule has 6 heteroatoms. The number of hydrogen-bond donors (Lipinski definition) is 0. The zero-order chi connectivity index (χ0) is 16.8. The van der Waals surface area contributed by atoms with E-state index in [1.54, 1.807) is 16.7 Å². The summed E-state index contributed by atoms with van der Waals surface area (Å²) >= 11 is 0. The van der Waals surface area contributed by atoms with Gasteiger partial charge in [0.05, 0.1) is 6.61 Å². The fourth-order valence-corrected chi connectivity index (χ4v) is 2.55. The van der Waals surface area contributed by atoms with Crippen LogP contribution in [0.25, 0.3) is 0 Å². The number of aryl methyl sites for hydroxylation is 2. The first-order chi connectivity index (χ1) is 11.0. The number of carbonyl (C=O) groups is 2. The van der Waals surface area contributed by atoms with E-state index < -0.39 is 0 Å². The number of ether oxygens (including phenoxy) is 2. The summed E-state index contributed by atoms with van der Waals surface area (Å²) in [5.74, 6) is 0.669. The van der Waals surface area contributed by atoms with Gasteiger partial charge >= 0.3 is 6.09 Å². The molecule has 0 radical (unpaired) electrons. The van der Waals surface area contributed by atoms with E-state index in [-0.39, 0.29) is 18.6 Å². The van der Waals surface area contributed by atoms with Gasteiger partial charge in [0.15, 0.2) is 6.61 Å². The SMILES string of the molecule is CCOC(=O)N1CCN(C(=O)COc2ccc(C)cc2C)CC1. The lowest BCUT2D eigenvalue weighted by molar-refractivity contribution is -0.134. The zero-order valence-corrected chi connectivity index (χ0v) is 14.0. The van der Waals surface area contributed by atoms with Gasteiger partial charge in [0.2, 0.25) is 0 Å². The molecule has 2 amide bonds. The molecule has 0 unspecified atom stereocenters. The quantitative estimate of drug-likeness (QED) is 0.851. The Morgan fingerprint density at radius 1 is 1.09 bits per heavy atom. The summed E-state index contributed by atoms with van der Waals surface area (Å²) in [7, 11) is 0. The Balaban J connectivity index is 1.80. The Labute approximate surface area is 137 Å². The average Bonchev–Trinajstić information content (AvgIpc) is 2.54. The van der Waals surface area contributed by atoms with Crippen LogP contribution in [0.15, 0.2) is 18.2 Å². The van der Waals surface area contributed by atoms with Gasteiger partial charge in [-0.15, -0.1) is 0 Å². The molecule has 23 heavy (non-hydrogen) atoms. The number of benzene rings is 1.